The second kappa shape index (κ2) is 13.7. The molecule has 2 N–H and O–H groups in total. The second-order valence-electron chi connectivity index (χ2n) is 12.3. The first-order valence-corrected chi connectivity index (χ1v) is 16.1. The number of aliphatic hydroxyl groups is 1. The summed E-state index contributed by atoms with van der Waals surface area (Å²) in [5.41, 5.74) is 5.54. The average molecular weight is 681 g/mol. The number of aromatic amines is 1. The number of hydrogen-bond acceptors (Lipinski definition) is 11. The molecular formula is C38H40N4O8. The highest BCUT2D eigenvalue weighted by Crippen LogP contribution is 2.50. The van der Waals surface area contributed by atoms with Crippen molar-refractivity contribution in [1.82, 2.24) is 4.98 Å². The van der Waals surface area contributed by atoms with Crippen LogP contribution in [-0.4, -0.2) is 72.2 Å². The Morgan fingerprint density at radius 2 is 1.66 bits per heavy atom. The van der Waals surface area contributed by atoms with Crippen LogP contribution in [0.5, 0.6) is 0 Å². The minimum atomic E-state index is -1.86. The molecule has 4 aliphatic rings. The van der Waals surface area contributed by atoms with E-state index in [4.69, 9.17) is 29.2 Å². The van der Waals surface area contributed by atoms with E-state index in [1.807, 2.05) is 26.8 Å². The number of aromatic nitrogens is 1. The fourth-order valence-electron chi connectivity index (χ4n) is 7.08. The summed E-state index contributed by atoms with van der Waals surface area (Å²) < 4.78 is 15.0. The molecule has 1 aromatic rings. The van der Waals surface area contributed by atoms with E-state index in [0.717, 1.165) is 40.8 Å². The van der Waals surface area contributed by atoms with Gasteiger partial charge in [-0.05, 0) is 74.1 Å². The molecular weight excluding hydrogens is 640 g/mol. The van der Waals surface area contributed by atoms with Gasteiger partial charge in [-0.25, -0.2) is 19.6 Å². The third kappa shape index (κ3) is 5.54. The number of nitrogens with one attached hydrogen (secondary N) is 1. The van der Waals surface area contributed by atoms with Crippen molar-refractivity contribution in [3.63, 3.8) is 0 Å². The van der Waals surface area contributed by atoms with Crippen LogP contribution in [0, 0.1) is 18.3 Å². The molecule has 5 heterocycles. The number of rotatable bonds is 8. The number of carbonyl (C=O) groups is 4. The first-order chi connectivity index (χ1) is 23.8. The summed E-state index contributed by atoms with van der Waals surface area (Å²) >= 11 is 0. The van der Waals surface area contributed by atoms with Crippen molar-refractivity contribution in [3.05, 3.63) is 86.4 Å². The van der Waals surface area contributed by atoms with Crippen LogP contribution < -0.4 is 0 Å². The van der Waals surface area contributed by atoms with Crippen LogP contribution in [0.2, 0.25) is 0 Å². The van der Waals surface area contributed by atoms with E-state index in [0.29, 0.717) is 41.1 Å². The van der Waals surface area contributed by atoms with Crippen molar-refractivity contribution in [2.75, 3.05) is 21.3 Å². The van der Waals surface area contributed by atoms with E-state index in [1.165, 1.54) is 14.2 Å². The fraction of sp³-hybridized carbons (Fsp3) is 0.342. The van der Waals surface area contributed by atoms with Crippen molar-refractivity contribution in [3.8, 4) is 0 Å². The summed E-state index contributed by atoms with van der Waals surface area (Å²) in [4.78, 5) is 71.6. The highest BCUT2D eigenvalue weighted by molar-refractivity contribution is 6.48. The second-order valence-corrected chi connectivity index (χ2v) is 12.3. The van der Waals surface area contributed by atoms with E-state index in [-0.39, 0.29) is 35.4 Å². The largest absolute Gasteiger partial charge is 0.515 e. The maximum atomic E-state index is 14.3. The molecule has 0 fully saturated rings. The summed E-state index contributed by atoms with van der Waals surface area (Å²) in [6, 6.07) is 0. The van der Waals surface area contributed by atoms with Gasteiger partial charge in [-0.3, -0.25) is 14.6 Å². The van der Waals surface area contributed by atoms with Crippen molar-refractivity contribution in [2.24, 2.45) is 26.3 Å². The predicted molar refractivity (Wildman–Crippen MR) is 190 cm³/mol. The number of fused-ring (bicyclic) bond motifs is 5. The summed E-state index contributed by atoms with van der Waals surface area (Å²) in [6.07, 6.45) is 8.06. The molecule has 0 radical (unpaired) electrons. The molecule has 0 amide bonds. The zero-order valence-corrected chi connectivity index (χ0v) is 29.4. The Labute approximate surface area is 290 Å². The van der Waals surface area contributed by atoms with E-state index < -0.39 is 35.0 Å². The molecule has 12 nitrogen and oxygen atoms in total. The standard InChI is InChI=1S/C38H40N4O8/c1-10-22-18(3)25-14-28-21(6)38(13-12-31(44)48-7,35(45)37(47)50-9)34(42-28)24(17-43)33-32(36(46)49-8)20(5)27(41-33)16-30-23(11-2)19(4)26(40-30)15-29(22)39-25/h10,14-17,21,39,43H,1,11-13H2,2-9H3/b24-17+,26-15?,27-16?,28-14?/t21-,38-/m1/s1. The zero-order valence-electron chi connectivity index (χ0n) is 29.4. The smallest absolute Gasteiger partial charge is 0.375 e. The third-order valence-corrected chi connectivity index (χ3v) is 9.99. The van der Waals surface area contributed by atoms with Gasteiger partial charge in [0, 0.05) is 35.0 Å². The summed E-state index contributed by atoms with van der Waals surface area (Å²) in [5.74, 6) is -4.39. The lowest BCUT2D eigenvalue weighted by molar-refractivity contribution is -0.156. The van der Waals surface area contributed by atoms with Gasteiger partial charge >= 0.3 is 17.9 Å². The number of nitrogens with zero attached hydrogens (tertiary/aromatic N) is 3. The maximum absolute atomic E-state index is 14.3. The van der Waals surface area contributed by atoms with Gasteiger partial charge in [0.05, 0.1) is 72.7 Å². The number of ether oxygens (including phenoxy) is 3. The molecule has 0 saturated carbocycles. The highest BCUT2D eigenvalue weighted by atomic mass is 16.5. The Kier molecular flexibility index (Phi) is 9.76. The van der Waals surface area contributed by atoms with Crippen LogP contribution >= 0.6 is 0 Å². The monoisotopic (exact) mass is 680 g/mol. The number of allylic oxidation sites excluding steroid dienone is 6. The maximum Gasteiger partial charge on any atom is 0.375 e. The van der Waals surface area contributed by atoms with Gasteiger partial charge in [-0.2, -0.15) is 0 Å². The SMILES string of the molecule is C=Cc1c2[nH]c(c1C)C=C1N=C(/C(=C/O)C3=NC(=CC4=NC(=C2)C(C)=C4CC)C(C)=C3C(=O)OC)[C@](CCC(=O)OC)(C(=O)C(=O)OC)[C@@H]1C. The Bertz CT molecular complexity index is 2040. The van der Waals surface area contributed by atoms with Gasteiger partial charge in [-0.15, -0.1) is 0 Å². The van der Waals surface area contributed by atoms with Gasteiger partial charge in [0.2, 0.25) is 0 Å². The highest BCUT2D eigenvalue weighted by Gasteiger charge is 2.57. The lowest BCUT2D eigenvalue weighted by Crippen LogP contribution is -2.48. The van der Waals surface area contributed by atoms with Gasteiger partial charge in [0.15, 0.2) is 0 Å². The van der Waals surface area contributed by atoms with Crippen molar-refractivity contribution >= 4 is 59.1 Å². The Balaban J connectivity index is 1.93. The molecule has 12 heteroatoms. The van der Waals surface area contributed by atoms with Crippen LogP contribution in [0.25, 0.3) is 18.2 Å². The molecule has 0 unspecified atom stereocenters. The predicted octanol–water partition coefficient (Wildman–Crippen LogP) is 5.88. The molecule has 2 atom stereocenters. The van der Waals surface area contributed by atoms with Gasteiger partial charge < -0.3 is 24.3 Å². The van der Waals surface area contributed by atoms with Crippen molar-refractivity contribution in [2.45, 2.75) is 53.9 Å². The number of aliphatic hydroxyl groups excluding tert-OH is 1. The minimum Gasteiger partial charge on any atom is -0.515 e. The van der Waals surface area contributed by atoms with Crippen molar-refractivity contribution < 1.29 is 38.5 Å². The number of carbonyl (C=O) groups excluding carboxylic acids is 4. The Morgan fingerprint density at radius 1 is 0.960 bits per heavy atom. The first-order valence-electron chi connectivity index (χ1n) is 16.1. The minimum absolute atomic E-state index is 0.0247. The zero-order chi connectivity index (χ0) is 36.7. The lowest BCUT2D eigenvalue weighted by atomic mass is 9.65. The molecule has 260 valence electrons. The number of methoxy groups -OCH3 is 3. The Morgan fingerprint density at radius 3 is 2.26 bits per heavy atom. The molecule has 50 heavy (non-hydrogen) atoms. The molecule has 1 aromatic heterocycles. The van der Waals surface area contributed by atoms with Gasteiger partial charge in [0.1, 0.15) is 0 Å². The number of ketones is 1. The molecule has 0 spiro atoms. The quantitative estimate of drug-likeness (QED) is 0.148. The summed E-state index contributed by atoms with van der Waals surface area (Å²) in [5, 5.41) is 11.0. The van der Waals surface area contributed by atoms with Crippen LogP contribution in [0.3, 0.4) is 0 Å². The van der Waals surface area contributed by atoms with E-state index >= 15 is 0 Å². The molecule has 0 aromatic carbocycles. The average Bonchev–Trinajstić information content (AvgIpc) is 3.78. The van der Waals surface area contributed by atoms with Crippen LogP contribution in [0.4, 0.5) is 0 Å². The third-order valence-electron chi connectivity index (χ3n) is 9.99. The summed E-state index contributed by atoms with van der Waals surface area (Å²) in [7, 11) is 3.52. The topological polar surface area (TPSA) is 169 Å². The van der Waals surface area contributed by atoms with E-state index in [1.54, 1.807) is 32.1 Å². The number of H-pyrrole nitrogens is 1. The fourth-order valence-corrected chi connectivity index (χ4v) is 7.08. The van der Waals surface area contributed by atoms with Crippen LogP contribution in [0.1, 0.15) is 69.5 Å². The molecule has 5 rings (SSSR count). The van der Waals surface area contributed by atoms with Gasteiger partial charge in [-0.1, -0.05) is 26.5 Å². The van der Waals surface area contributed by atoms with E-state index in [9.17, 15) is 24.3 Å². The van der Waals surface area contributed by atoms with Crippen molar-refractivity contribution in [1.29, 1.82) is 0 Å². The molecule has 4 aliphatic heterocycles. The van der Waals surface area contributed by atoms with Gasteiger partial charge in [0.25, 0.3) is 5.78 Å². The molecule has 0 aliphatic carbocycles. The number of aliphatic imine (C=N–C) groups is 3. The molecule has 0 saturated heterocycles. The molecule has 8 bridgehead atoms. The number of esters is 3. The Hall–Kier alpha value is -5.65. The number of hydrogen-bond donors (Lipinski definition) is 2. The lowest BCUT2D eigenvalue weighted by Gasteiger charge is -2.33. The van der Waals surface area contributed by atoms with Crippen LogP contribution in [0.15, 0.2) is 78.9 Å². The first kappa shape index (κ1) is 35.7. The normalized spacial score (nSPS) is 22.0. The van der Waals surface area contributed by atoms with Crippen LogP contribution in [-0.2, 0) is 33.4 Å². The van der Waals surface area contributed by atoms with E-state index in [2.05, 4.69) is 11.6 Å². The summed E-state index contributed by atoms with van der Waals surface area (Å²) in [6.45, 7) is 13.4. The number of Topliss-reactive ketones (excluding diaryl/α,β-unsaturated/α-hetero) is 1.